The highest BCUT2D eigenvalue weighted by molar-refractivity contribution is 7.98. The predicted octanol–water partition coefficient (Wildman–Crippen LogP) is 5.10. The van der Waals surface area contributed by atoms with Crippen LogP contribution in [0.15, 0.2) is 70.2 Å². The Hall–Kier alpha value is -2.99. The third-order valence-corrected chi connectivity index (χ3v) is 5.19. The number of hydrogen-bond acceptors (Lipinski definition) is 6. The summed E-state index contributed by atoms with van der Waals surface area (Å²) in [6.45, 7) is 4.16. The lowest BCUT2D eigenvalue weighted by Gasteiger charge is -2.01. The number of rotatable bonds is 5. The van der Waals surface area contributed by atoms with Crippen LogP contribution in [0.25, 0.3) is 22.6 Å². The van der Waals surface area contributed by atoms with E-state index in [1.807, 2.05) is 48.5 Å². The third-order valence-electron chi connectivity index (χ3n) is 4.29. The second-order valence-electron chi connectivity index (χ2n) is 6.22. The summed E-state index contributed by atoms with van der Waals surface area (Å²) >= 11 is 1.52. The summed E-state index contributed by atoms with van der Waals surface area (Å²) in [7, 11) is 0. The van der Waals surface area contributed by atoms with Crippen molar-refractivity contribution in [2.24, 2.45) is 0 Å². The van der Waals surface area contributed by atoms with Gasteiger partial charge in [-0.15, -0.1) is 10.2 Å². The second-order valence-corrected chi connectivity index (χ2v) is 7.22. The molecular weight excluding hydrogens is 356 g/mol. The molecule has 2 aromatic heterocycles. The molecule has 0 saturated heterocycles. The van der Waals surface area contributed by atoms with Gasteiger partial charge >= 0.3 is 0 Å². The summed E-state index contributed by atoms with van der Waals surface area (Å²) in [5.74, 6) is 1.73. The summed E-state index contributed by atoms with van der Waals surface area (Å²) in [5, 5.41) is 13.5. The highest BCUT2D eigenvalue weighted by Gasteiger charge is 2.10. The number of thioether (sulfide) groups is 1. The fourth-order valence-electron chi connectivity index (χ4n) is 2.61. The number of benzene rings is 2. The minimum absolute atomic E-state index is 0.553. The van der Waals surface area contributed by atoms with Crippen molar-refractivity contribution >= 4 is 11.8 Å². The standard InChI is InChI=1S/C21H18N4OS/c1-14-8-9-17(12-15(14)2)21-22-19(26-25-21)13-27-20-11-10-18(23-24-20)16-6-4-3-5-7-16/h3-12H,13H2,1-2H3. The fourth-order valence-corrected chi connectivity index (χ4v) is 3.26. The maximum Gasteiger partial charge on any atom is 0.237 e. The molecule has 0 aliphatic heterocycles. The number of hydrogen-bond donors (Lipinski definition) is 0. The third kappa shape index (κ3) is 4.06. The molecule has 0 unspecified atom stereocenters. The SMILES string of the molecule is Cc1ccc(-c2noc(CSc3ccc(-c4ccccc4)nn3)n2)cc1C. The molecule has 6 heteroatoms. The summed E-state index contributed by atoms with van der Waals surface area (Å²) in [4.78, 5) is 4.48. The van der Waals surface area contributed by atoms with Gasteiger partial charge < -0.3 is 4.52 Å². The Labute approximate surface area is 161 Å². The lowest BCUT2D eigenvalue weighted by atomic mass is 10.1. The molecule has 0 aliphatic rings. The molecule has 0 saturated carbocycles. The molecule has 0 amide bonds. The van der Waals surface area contributed by atoms with Crippen molar-refractivity contribution in [2.75, 3.05) is 0 Å². The predicted molar refractivity (Wildman–Crippen MR) is 106 cm³/mol. The Morgan fingerprint density at radius 3 is 2.44 bits per heavy atom. The van der Waals surface area contributed by atoms with Crippen LogP contribution in [0.4, 0.5) is 0 Å². The van der Waals surface area contributed by atoms with Gasteiger partial charge in [0.25, 0.3) is 0 Å². The first-order valence-corrected chi connectivity index (χ1v) is 9.60. The molecule has 0 spiro atoms. The normalized spacial score (nSPS) is 10.9. The molecule has 0 atom stereocenters. The minimum atomic E-state index is 0.553. The molecule has 4 aromatic rings. The van der Waals surface area contributed by atoms with Crippen LogP contribution in [0.5, 0.6) is 0 Å². The summed E-state index contributed by atoms with van der Waals surface area (Å²) < 4.78 is 5.37. The van der Waals surface area contributed by atoms with Gasteiger partial charge in [-0.2, -0.15) is 4.98 Å². The monoisotopic (exact) mass is 374 g/mol. The van der Waals surface area contributed by atoms with Crippen molar-refractivity contribution in [1.29, 1.82) is 0 Å². The van der Waals surface area contributed by atoms with Crippen LogP contribution in [-0.4, -0.2) is 20.3 Å². The van der Waals surface area contributed by atoms with Crippen molar-refractivity contribution in [3.63, 3.8) is 0 Å². The first-order chi connectivity index (χ1) is 13.2. The largest absolute Gasteiger partial charge is 0.338 e. The van der Waals surface area contributed by atoms with Gasteiger partial charge in [0, 0.05) is 11.1 Å². The molecule has 4 rings (SSSR count). The molecule has 0 N–H and O–H groups in total. The molecule has 27 heavy (non-hydrogen) atoms. The van der Waals surface area contributed by atoms with E-state index < -0.39 is 0 Å². The van der Waals surface area contributed by atoms with Crippen LogP contribution < -0.4 is 0 Å². The molecule has 0 bridgehead atoms. The zero-order valence-electron chi connectivity index (χ0n) is 15.1. The molecule has 2 aromatic carbocycles. The minimum Gasteiger partial charge on any atom is -0.338 e. The van der Waals surface area contributed by atoms with E-state index in [4.69, 9.17) is 4.52 Å². The Morgan fingerprint density at radius 2 is 1.70 bits per heavy atom. The van der Waals surface area contributed by atoms with E-state index in [1.54, 1.807) is 0 Å². The van der Waals surface area contributed by atoms with Crippen molar-refractivity contribution < 1.29 is 4.52 Å². The van der Waals surface area contributed by atoms with Crippen molar-refractivity contribution in [3.05, 3.63) is 77.7 Å². The van der Waals surface area contributed by atoms with Crippen LogP contribution in [0, 0.1) is 13.8 Å². The topological polar surface area (TPSA) is 64.7 Å². The maximum absolute atomic E-state index is 5.37. The fraction of sp³-hybridized carbons (Fsp3) is 0.143. The van der Waals surface area contributed by atoms with Crippen LogP contribution in [0.3, 0.4) is 0 Å². The Kier molecular flexibility index (Phi) is 4.98. The van der Waals surface area contributed by atoms with Gasteiger partial charge in [-0.1, -0.05) is 59.4 Å². The highest BCUT2D eigenvalue weighted by Crippen LogP contribution is 2.24. The van der Waals surface area contributed by atoms with Gasteiger partial charge in [0.15, 0.2) is 0 Å². The molecule has 0 aliphatic carbocycles. The van der Waals surface area contributed by atoms with E-state index in [-0.39, 0.29) is 0 Å². The number of aromatic nitrogens is 4. The Balaban J connectivity index is 1.42. The Morgan fingerprint density at radius 1 is 0.852 bits per heavy atom. The van der Waals surface area contributed by atoms with E-state index in [2.05, 4.69) is 46.3 Å². The van der Waals surface area contributed by atoms with Crippen molar-refractivity contribution in [3.8, 4) is 22.6 Å². The summed E-state index contributed by atoms with van der Waals surface area (Å²) in [5.41, 5.74) is 5.33. The van der Waals surface area contributed by atoms with Crippen molar-refractivity contribution in [2.45, 2.75) is 24.6 Å². The summed E-state index contributed by atoms with van der Waals surface area (Å²) in [6, 6.07) is 20.1. The van der Waals surface area contributed by atoms with Crippen LogP contribution in [-0.2, 0) is 5.75 Å². The van der Waals surface area contributed by atoms with E-state index >= 15 is 0 Å². The Bertz CT molecular complexity index is 1050. The number of aryl methyl sites for hydroxylation is 2. The van der Waals surface area contributed by atoms with Gasteiger partial charge in [0.1, 0.15) is 5.03 Å². The first-order valence-electron chi connectivity index (χ1n) is 8.61. The van der Waals surface area contributed by atoms with Gasteiger partial charge in [-0.05, 0) is 43.2 Å². The van der Waals surface area contributed by atoms with Crippen LogP contribution in [0.2, 0.25) is 0 Å². The maximum atomic E-state index is 5.37. The average molecular weight is 374 g/mol. The first kappa shape index (κ1) is 17.4. The lowest BCUT2D eigenvalue weighted by Crippen LogP contribution is -1.90. The van der Waals surface area contributed by atoms with E-state index in [9.17, 15) is 0 Å². The zero-order chi connectivity index (χ0) is 18.6. The van der Waals surface area contributed by atoms with Gasteiger partial charge in [-0.3, -0.25) is 0 Å². The number of nitrogens with zero attached hydrogens (tertiary/aromatic N) is 4. The van der Waals surface area contributed by atoms with Gasteiger partial charge in [0.2, 0.25) is 11.7 Å². The summed E-state index contributed by atoms with van der Waals surface area (Å²) in [6.07, 6.45) is 0. The molecule has 134 valence electrons. The van der Waals surface area contributed by atoms with E-state index in [0.29, 0.717) is 17.5 Å². The van der Waals surface area contributed by atoms with Gasteiger partial charge in [0.05, 0.1) is 11.4 Å². The van der Waals surface area contributed by atoms with E-state index in [0.717, 1.165) is 21.8 Å². The molecule has 2 heterocycles. The lowest BCUT2D eigenvalue weighted by molar-refractivity contribution is 0.391. The molecule has 0 fully saturated rings. The molecular formula is C21H18N4OS. The van der Waals surface area contributed by atoms with Crippen LogP contribution in [0.1, 0.15) is 17.0 Å². The smallest absolute Gasteiger partial charge is 0.237 e. The van der Waals surface area contributed by atoms with Gasteiger partial charge in [-0.25, -0.2) is 0 Å². The zero-order valence-corrected chi connectivity index (χ0v) is 15.9. The molecule has 0 radical (unpaired) electrons. The highest BCUT2D eigenvalue weighted by atomic mass is 32.2. The van der Waals surface area contributed by atoms with Crippen LogP contribution >= 0.6 is 11.8 Å². The quantitative estimate of drug-likeness (QED) is 0.453. The molecule has 5 nitrogen and oxygen atoms in total. The second kappa shape index (κ2) is 7.72. The van der Waals surface area contributed by atoms with Crippen molar-refractivity contribution in [1.82, 2.24) is 20.3 Å². The average Bonchev–Trinajstić information content (AvgIpc) is 3.19. The van der Waals surface area contributed by atoms with E-state index in [1.165, 1.54) is 22.9 Å².